The van der Waals surface area contributed by atoms with E-state index in [4.69, 9.17) is 5.73 Å². The number of hydrogen-bond acceptors (Lipinski definition) is 2. The average molecular weight is 343 g/mol. The molecule has 0 saturated carbocycles. The third-order valence-corrected chi connectivity index (χ3v) is 4.79. The van der Waals surface area contributed by atoms with Crippen LogP contribution in [-0.2, 0) is 10.8 Å². The molecule has 0 aliphatic rings. The molecule has 2 atom stereocenters. The zero-order chi connectivity index (χ0) is 17.7. The Bertz CT molecular complexity index is 739. The first-order valence-electron chi connectivity index (χ1n) is 8.00. The highest BCUT2D eigenvalue weighted by Crippen LogP contribution is 2.20. The van der Waals surface area contributed by atoms with E-state index in [-0.39, 0.29) is 6.04 Å². The maximum atomic E-state index is 11.4. The molecule has 2 rings (SSSR count). The zero-order valence-corrected chi connectivity index (χ0v) is 15.4. The van der Waals surface area contributed by atoms with Gasteiger partial charge in [-0.1, -0.05) is 38.1 Å². The Hall–Kier alpha value is -2.14. The van der Waals surface area contributed by atoms with Crippen molar-refractivity contribution in [3.8, 4) is 0 Å². The van der Waals surface area contributed by atoms with E-state index in [0.29, 0.717) is 11.9 Å². The van der Waals surface area contributed by atoms with Gasteiger partial charge in [0.05, 0.1) is 6.04 Å². The van der Waals surface area contributed by atoms with Gasteiger partial charge in [0.25, 0.3) is 0 Å². The van der Waals surface area contributed by atoms with Crippen LogP contribution < -0.4 is 11.1 Å². The molecule has 0 aliphatic heterocycles. The summed E-state index contributed by atoms with van der Waals surface area (Å²) in [6, 6.07) is 15.7. The molecule has 0 amide bonds. The molecule has 24 heavy (non-hydrogen) atoms. The predicted molar refractivity (Wildman–Crippen MR) is 103 cm³/mol. The number of nitrogens with one attached hydrogen (secondary N) is 1. The van der Waals surface area contributed by atoms with E-state index in [1.54, 1.807) is 6.26 Å². The van der Waals surface area contributed by atoms with Crippen LogP contribution in [0, 0.1) is 0 Å². The SMILES string of the molecule is CC(C)c1cccc(NC(N)=NC(C)c2ccc(S(C)=O)cc2)c1. The Morgan fingerprint density at radius 3 is 2.33 bits per heavy atom. The van der Waals surface area contributed by atoms with Crippen molar-refractivity contribution >= 4 is 22.4 Å². The van der Waals surface area contributed by atoms with Crippen molar-refractivity contribution < 1.29 is 4.21 Å². The lowest BCUT2D eigenvalue weighted by Crippen LogP contribution is -2.23. The number of anilines is 1. The lowest BCUT2D eigenvalue weighted by Gasteiger charge is -2.12. The van der Waals surface area contributed by atoms with Gasteiger partial charge in [0.2, 0.25) is 0 Å². The molecule has 0 fully saturated rings. The van der Waals surface area contributed by atoms with Gasteiger partial charge in [0.1, 0.15) is 0 Å². The second-order valence-corrected chi connectivity index (χ2v) is 7.50. The Morgan fingerprint density at radius 2 is 1.75 bits per heavy atom. The Morgan fingerprint density at radius 1 is 1.08 bits per heavy atom. The van der Waals surface area contributed by atoms with Crippen LogP contribution in [0.2, 0.25) is 0 Å². The fourth-order valence-corrected chi connectivity index (χ4v) is 2.90. The summed E-state index contributed by atoms with van der Waals surface area (Å²) in [5, 5.41) is 3.15. The Labute approximate surface area is 146 Å². The maximum Gasteiger partial charge on any atom is 0.193 e. The van der Waals surface area contributed by atoms with Crippen LogP contribution in [0.3, 0.4) is 0 Å². The highest BCUT2D eigenvalue weighted by molar-refractivity contribution is 7.84. The molecule has 4 nitrogen and oxygen atoms in total. The van der Waals surface area contributed by atoms with Gasteiger partial charge in [-0.3, -0.25) is 4.21 Å². The van der Waals surface area contributed by atoms with Gasteiger partial charge in [-0.05, 0) is 48.2 Å². The van der Waals surface area contributed by atoms with Gasteiger partial charge >= 0.3 is 0 Å². The maximum absolute atomic E-state index is 11.4. The molecule has 2 unspecified atom stereocenters. The molecule has 2 aromatic carbocycles. The van der Waals surface area contributed by atoms with E-state index in [1.165, 1.54) is 5.56 Å². The number of hydrogen-bond donors (Lipinski definition) is 2. The molecular weight excluding hydrogens is 318 g/mol. The van der Waals surface area contributed by atoms with Gasteiger partial charge in [0.15, 0.2) is 5.96 Å². The third-order valence-electron chi connectivity index (χ3n) is 3.85. The van der Waals surface area contributed by atoms with Crippen molar-refractivity contribution in [1.82, 2.24) is 0 Å². The zero-order valence-electron chi connectivity index (χ0n) is 14.6. The molecule has 0 aliphatic carbocycles. The number of benzene rings is 2. The van der Waals surface area contributed by atoms with Crippen molar-refractivity contribution in [2.24, 2.45) is 10.7 Å². The number of aliphatic imine (C=N–C) groups is 1. The smallest absolute Gasteiger partial charge is 0.193 e. The molecule has 0 bridgehead atoms. The monoisotopic (exact) mass is 343 g/mol. The molecule has 0 spiro atoms. The number of nitrogens with zero attached hydrogens (tertiary/aromatic N) is 1. The van der Waals surface area contributed by atoms with Gasteiger partial charge in [-0.25, -0.2) is 4.99 Å². The fourth-order valence-electron chi connectivity index (χ4n) is 2.38. The van der Waals surface area contributed by atoms with Crippen molar-refractivity contribution in [3.63, 3.8) is 0 Å². The summed E-state index contributed by atoms with van der Waals surface area (Å²) in [5.74, 6) is 0.845. The second-order valence-electron chi connectivity index (χ2n) is 6.12. The molecule has 3 N–H and O–H groups in total. The summed E-state index contributed by atoms with van der Waals surface area (Å²) < 4.78 is 11.4. The third kappa shape index (κ3) is 4.93. The Kier molecular flexibility index (Phi) is 6.15. The van der Waals surface area contributed by atoms with Crippen molar-refractivity contribution in [2.75, 3.05) is 11.6 Å². The highest BCUT2D eigenvalue weighted by Gasteiger charge is 2.07. The second kappa shape index (κ2) is 8.11. The molecule has 128 valence electrons. The minimum absolute atomic E-state index is 0.0786. The number of nitrogens with two attached hydrogens (primary N) is 1. The summed E-state index contributed by atoms with van der Waals surface area (Å²) in [5.41, 5.74) is 9.26. The van der Waals surface area contributed by atoms with Gasteiger partial charge < -0.3 is 11.1 Å². The largest absolute Gasteiger partial charge is 0.370 e. The standard InChI is InChI=1S/C19H25N3OS/c1-13(2)16-6-5-7-17(12-16)22-19(20)21-14(3)15-8-10-18(11-9-15)24(4)23/h5-14H,1-4H3,(H3,20,21,22). The molecule has 5 heteroatoms. The van der Waals surface area contributed by atoms with E-state index < -0.39 is 10.8 Å². The highest BCUT2D eigenvalue weighted by atomic mass is 32.2. The first-order valence-corrected chi connectivity index (χ1v) is 9.56. The van der Waals surface area contributed by atoms with Crippen molar-refractivity contribution in [1.29, 1.82) is 0 Å². The first kappa shape index (κ1) is 18.2. The van der Waals surface area contributed by atoms with E-state index in [2.05, 4.69) is 36.3 Å². The van der Waals surface area contributed by atoms with Crippen molar-refractivity contribution in [2.45, 2.75) is 37.6 Å². The molecule has 0 saturated heterocycles. The predicted octanol–water partition coefficient (Wildman–Crippen LogP) is 4.04. The minimum Gasteiger partial charge on any atom is -0.370 e. The first-order chi connectivity index (χ1) is 11.4. The molecule has 0 radical (unpaired) electrons. The lowest BCUT2D eigenvalue weighted by molar-refractivity contribution is 0.686. The molecule has 2 aromatic rings. The topological polar surface area (TPSA) is 67.5 Å². The van der Waals surface area contributed by atoms with Gasteiger partial charge in [-0.2, -0.15) is 0 Å². The van der Waals surface area contributed by atoms with Gasteiger partial charge in [0, 0.05) is 27.6 Å². The van der Waals surface area contributed by atoms with Crippen LogP contribution in [0.1, 0.15) is 43.9 Å². The van der Waals surface area contributed by atoms with Crippen LogP contribution in [0.15, 0.2) is 58.4 Å². The summed E-state index contributed by atoms with van der Waals surface area (Å²) in [6.07, 6.45) is 1.67. The Balaban J connectivity index is 2.09. The quantitative estimate of drug-likeness (QED) is 0.636. The lowest BCUT2D eigenvalue weighted by atomic mass is 10.0. The van der Waals surface area contributed by atoms with E-state index >= 15 is 0 Å². The van der Waals surface area contributed by atoms with E-state index in [0.717, 1.165) is 16.1 Å². The van der Waals surface area contributed by atoms with Crippen LogP contribution in [0.25, 0.3) is 0 Å². The summed E-state index contributed by atoms with van der Waals surface area (Å²) >= 11 is 0. The van der Waals surface area contributed by atoms with Crippen LogP contribution >= 0.6 is 0 Å². The minimum atomic E-state index is -0.967. The van der Waals surface area contributed by atoms with Crippen LogP contribution in [0.5, 0.6) is 0 Å². The van der Waals surface area contributed by atoms with E-state index in [9.17, 15) is 4.21 Å². The summed E-state index contributed by atoms with van der Waals surface area (Å²) in [7, 11) is -0.967. The normalized spacial score (nSPS) is 14.5. The van der Waals surface area contributed by atoms with Gasteiger partial charge in [-0.15, -0.1) is 0 Å². The average Bonchev–Trinajstić information content (AvgIpc) is 2.55. The summed E-state index contributed by atoms with van der Waals surface area (Å²) in [4.78, 5) is 5.31. The summed E-state index contributed by atoms with van der Waals surface area (Å²) in [6.45, 7) is 6.30. The van der Waals surface area contributed by atoms with E-state index in [1.807, 2.05) is 43.3 Å². The molecule has 0 heterocycles. The molecular formula is C19H25N3OS. The molecule has 0 aromatic heterocycles. The number of rotatable bonds is 5. The van der Waals surface area contributed by atoms with Crippen molar-refractivity contribution in [3.05, 3.63) is 59.7 Å². The van der Waals surface area contributed by atoms with Crippen LogP contribution in [0.4, 0.5) is 5.69 Å². The fraction of sp³-hybridized carbons (Fsp3) is 0.316. The van der Waals surface area contributed by atoms with Crippen LogP contribution in [-0.4, -0.2) is 16.4 Å². The number of guanidine groups is 1.